The minimum absolute atomic E-state index is 0.0419. The highest BCUT2D eigenvalue weighted by molar-refractivity contribution is 6.52. The van der Waals surface area contributed by atoms with Gasteiger partial charge in [0.1, 0.15) is 17.3 Å². The third-order valence-corrected chi connectivity index (χ3v) is 5.64. The van der Waals surface area contributed by atoms with E-state index in [0.717, 1.165) is 4.90 Å². The zero-order valence-electron chi connectivity index (χ0n) is 17.4. The number of Topliss-reactive ketones (excluding diaryl/α,β-unsaturated/α-hetero) is 1. The number of hydrogen-bond acceptors (Lipinski definition) is 4. The minimum Gasteiger partial charge on any atom is -0.507 e. The summed E-state index contributed by atoms with van der Waals surface area (Å²) in [5.41, 5.74) is 0.279. The van der Waals surface area contributed by atoms with Gasteiger partial charge in [0.05, 0.1) is 18.2 Å². The Bertz CT molecular complexity index is 1250. The molecule has 1 aliphatic heterocycles. The smallest absolute Gasteiger partial charge is 0.300 e. The quantitative estimate of drug-likeness (QED) is 0.267. The highest BCUT2D eigenvalue weighted by atomic mass is 35.5. The second kappa shape index (κ2) is 9.25. The molecule has 0 aromatic heterocycles. The SMILES string of the molecule is CCOc1ccc(/C(O)=C2\C(=O)C(=O)N(c3cc(Cl)cc(Cl)c3)C2c2ccccc2F)cc1. The summed E-state index contributed by atoms with van der Waals surface area (Å²) in [7, 11) is 0. The number of amides is 1. The van der Waals surface area contributed by atoms with Crippen LogP contribution in [-0.4, -0.2) is 23.4 Å². The molecule has 4 rings (SSSR count). The molecule has 0 aliphatic carbocycles. The van der Waals surface area contributed by atoms with Crippen molar-refractivity contribution < 1.29 is 23.8 Å². The van der Waals surface area contributed by atoms with Crippen LogP contribution in [0.15, 0.2) is 72.3 Å². The van der Waals surface area contributed by atoms with Crippen molar-refractivity contribution in [2.45, 2.75) is 13.0 Å². The van der Waals surface area contributed by atoms with Crippen LogP contribution in [0.5, 0.6) is 5.75 Å². The first-order valence-corrected chi connectivity index (χ1v) is 10.8. The van der Waals surface area contributed by atoms with E-state index in [1.54, 1.807) is 30.3 Å². The Labute approximate surface area is 199 Å². The monoisotopic (exact) mass is 485 g/mol. The molecule has 1 amide bonds. The van der Waals surface area contributed by atoms with Gasteiger partial charge in [-0.3, -0.25) is 14.5 Å². The van der Waals surface area contributed by atoms with Crippen LogP contribution in [-0.2, 0) is 9.59 Å². The lowest BCUT2D eigenvalue weighted by atomic mass is 9.94. The third kappa shape index (κ3) is 4.32. The first-order valence-electron chi connectivity index (χ1n) is 10.1. The van der Waals surface area contributed by atoms with Crippen molar-refractivity contribution in [1.29, 1.82) is 0 Å². The molecular formula is C25H18Cl2FNO4. The van der Waals surface area contributed by atoms with E-state index in [0.29, 0.717) is 12.4 Å². The second-order valence-electron chi connectivity index (χ2n) is 7.28. The average molecular weight is 486 g/mol. The molecule has 1 heterocycles. The third-order valence-electron chi connectivity index (χ3n) is 5.21. The molecule has 1 fully saturated rings. The van der Waals surface area contributed by atoms with Crippen LogP contribution in [0, 0.1) is 5.82 Å². The number of carbonyl (C=O) groups excluding carboxylic acids is 2. The maximum Gasteiger partial charge on any atom is 0.300 e. The molecular weight excluding hydrogens is 468 g/mol. The lowest BCUT2D eigenvalue weighted by Crippen LogP contribution is -2.29. The maximum absolute atomic E-state index is 14.9. The fourth-order valence-electron chi connectivity index (χ4n) is 3.80. The van der Waals surface area contributed by atoms with E-state index < -0.39 is 29.3 Å². The number of benzene rings is 3. The Kier molecular flexibility index (Phi) is 6.40. The van der Waals surface area contributed by atoms with E-state index in [2.05, 4.69) is 0 Å². The predicted molar refractivity (Wildman–Crippen MR) is 125 cm³/mol. The van der Waals surface area contributed by atoms with Gasteiger partial charge in [0, 0.05) is 26.9 Å². The Morgan fingerprint density at radius 1 is 1.03 bits per heavy atom. The predicted octanol–water partition coefficient (Wildman–Crippen LogP) is 6.16. The van der Waals surface area contributed by atoms with Gasteiger partial charge in [-0.05, 0) is 55.5 Å². The van der Waals surface area contributed by atoms with E-state index in [1.807, 2.05) is 6.92 Å². The largest absolute Gasteiger partial charge is 0.507 e. The van der Waals surface area contributed by atoms with Gasteiger partial charge < -0.3 is 9.84 Å². The van der Waals surface area contributed by atoms with Crippen LogP contribution >= 0.6 is 23.2 Å². The number of nitrogens with zero attached hydrogens (tertiary/aromatic N) is 1. The van der Waals surface area contributed by atoms with Crippen molar-refractivity contribution >= 4 is 46.3 Å². The molecule has 0 saturated carbocycles. The Morgan fingerprint density at radius 2 is 1.67 bits per heavy atom. The van der Waals surface area contributed by atoms with Crippen molar-refractivity contribution in [2.24, 2.45) is 0 Å². The molecule has 5 nitrogen and oxygen atoms in total. The number of rotatable bonds is 5. The molecule has 168 valence electrons. The average Bonchev–Trinajstić information content (AvgIpc) is 3.04. The number of ether oxygens (including phenoxy) is 1. The molecule has 0 spiro atoms. The molecule has 0 bridgehead atoms. The summed E-state index contributed by atoms with van der Waals surface area (Å²) < 4.78 is 20.3. The number of anilines is 1. The van der Waals surface area contributed by atoms with E-state index in [1.165, 1.54) is 36.4 Å². The van der Waals surface area contributed by atoms with Gasteiger partial charge in [-0.1, -0.05) is 41.4 Å². The van der Waals surface area contributed by atoms with Gasteiger partial charge in [0.25, 0.3) is 11.7 Å². The van der Waals surface area contributed by atoms with Crippen molar-refractivity contribution in [1.82, 2.24) is 0 Å². The van der Waals surface area contributed by atoms with Crippen molar-refractivity contribution in [3.8, 4) is 5.75 Å². The molecule has 1 atom stereocenters. The standard InChI is InChI=1S/C25H18Cl2FNO4/c1-2-33-18-9-7-14(8-10-18)23(30)21-22(19-5-3-4-6-20(19)28)29(25(32)24(21)31)17-12-15(26)11-16(27)13-17/h3-13,22,30H,2H2,1H3/b23-21+. The van der Waals surface area contributed by atoms with Crippen LogP contribution in [0.3, 0.4) is 0 Å². The van der Waals surface area contributed by atoms with Crippen molar-refractivity contribution in [2.75, 3.05) is 11.5 Å². The molecule has 33 heavy (non-hydrogen) atoms. The van der Waals surface area contributed by atoms with E-state index >= 15 is 0 Å². The zero-order valence-corrected chi connectivity index (χ0v) is 18.9. The molecule has 8 heteroatoms. The van der Waals surface area contributed by atoms with Gasteiger partial charge in [-0.15, -0.1) is 0 Å². The molecule has 3 aromatic carbocycles. The van der Waals surface area contributed by atoms with Crippen LogP contribution < -0.4 is 9.64 Å². The van der Waals surface area contributed by atoms with Crippen LogP contribution in [0.25, 0.3) is 5.76 Å². The highest BCUT2D eigenvalue weighted by Crippen LogP contribution is 2.44. The van der Waals surface area contributed by atoms with Crippen LogP contribution in [0.4, 0.5) is 10.1 Å². The molecule has 1 N–H and O–H groups in total. The van der Waals surface area contributed by atoms with Crippen molar-refractivity contribution in [3.63, 3.8) is 0 Å². The summed E-state index contributed by atoms with van der Waals surface area (Å²) >= 11 is 12.2. The maximum atomic E-state index is 14.9. The highest BCUT2D eigenvalue weighted by Gasteiger charge is 2.48. The lowest BCUT2D eigenvalue weighted by Gasteiger charge is -2.26. The van der Waals surface area contributed by atoms with E-state index in [9.17, 15) is 19.1 Å². The number of carbonyl (C=O) groups is 2. The number of halogens is 3. The van der Waals surface area contributed by atoms with Gasteiger partial charge in [0.2, 0.25) is 0 Å². The molecule has 3 aromatic rings. The zero-order chi connectivity index (χ0) is 23.7. The van der Waals surface area contributed by atoms with E-state index in [-0.39, 0.29) is 32.4 Å². The van der Waals surface area contributed by atoms with Gasteiger partial charge in [0.15, 0.2) is 0 Å². The summed E-state index contributed by atoms with van der Waals surface area (Å²) in [4.78, 5) is 27.3. The normalized spacial score (nSPS) is 17.5. The summed E-state index contributed by atoms with van der Waals surface area (Å²) in [6, 6.07) is 15.3. The summed E-state index contributed by atoms with van der Waals surface area (Å²) in [6.45, 7) is 2.30. The lowest BCUT2D eigenvalue weighted by molar-refractivity contribution is -0.132. The molecule has 1 unspecified atom stereocenters. The molecule has 0 radical (unpaired) electrons. The molecule has 1 saturated heterocycles. The topological polar surface area (TPSA) is 66.8 Å². The summed E-state index contributed by atoms with van der Waals surface area (Å²) in [5.74, 6) is -2.38. The van der Waals surface area contributed by atoms with Crippen LogP contribution in [0.1, 0.15) is 24.1 Å². The fourth-order valence-corrected chi connectivity index (χ4v) is 4.31. The Balaban J connectivity index is 1.93. The van der Waals surface area contributed by atoms with Gasteiger partial charge in [-0.2, -0.15) is 0 Å². The summed E-state index contributed by atoms with van der Waals surface area (Å²) in [5, 5.41) is 11.6. The summed E-state index contributed by atoms with van der Waals surface area (Å²) in [6.07, 6.45) is 0. The number of hydrogen-bond donors (Lipinski definition) is 1. The minimum atomic E-state index is -1.23. The Hall–Kier alpha value is -3.35. The second-order valence-corrected chi connectivity index (χ2v) is 8.15. The number of aliphatic hydroxyl groups is 1. The fraction of sp³-hybridized carbons (Fsp3) is 0.120. The Morgan fingerprint density at radius 3 is 2.27 bits per heavy atom. The number of ketones is 1. The first-order chi connectivity index (χ1) is 15.8. The first kappa shape index (κ1) is 22.8. The van der Waals surface area contributed by atoms with Gasteiger partial charge >= 0.3 is 0 Å². The van der Waals surface area contributed by atoms with E-state index in [4.69, 9.17) is 27.9 Å². The molecule has 1 aliphatic rings. The van der Waals surface area contributed by atoms with Crippen molar-refractivity contribution in [3.05, 3.63) is 99.3 Å². The number of aliphatic hydroxyl groups excluding tert-OH is 1. The van der Waals surface area contributed by atoms with Gasteiger partial charge in [-0.25, -0.2) is 4.39 Å². The van der Waals surface area contributed by atoms with Crippen LogP contribution in [0.2, 0.25) is 10.0 Å².